The molecular formula is C29H32N4O3. The number of para-hydroxylation sites is 1. The highest BCUT2D eigenvalue weighted by Crippen LogP contribution is 2.30. The van der Waals surface area contributed by atoms with Crippen LogP contribution < -0.4 is 4.90 Å². The first kappa shape index (κ1) is 24.0. The zero-order chi connectivity index (χ0) is 25.6. The van der Waals surface area contributed by atoms with Crippen molar-refractivity contribution in [2.75, 3.05) is 31.1 Å². The van der Waals surface area contributed by atoms with Crippen molar-refractivity contribution in [1.29, 1.82) is 0 Å². The maximum Gasteiger partial charge on any atom is 0.262 e. The second-order valence-electron chi connectivity index (χ2n) is 9.94. The molecule has 1 fully saturated rings. The van der Waals surface area contributed by atoms with Crippen LogP contribution in [-0.4, -0.2) is 64.7 Å². The van der Waals surface area contributed by atoms with E-state index in [0.717, 1.165) is 22.3 Å². The van der Waals surface area contributed by atoms with Gasteiger partial charge in [-0.15, -0.1) is 0 Å². The lowest BCUT2D eigenvalue weighted by Gasteiger charge is -2.39. The van der Waals surface area contributed by atoms with E-state index in [1.807, 2.05) is 13.8 Å². The van der Waals surface area contributed by atoms with Crippen LogP contribution in [0.4, 0.5) is 5.82 Å². The number of imide groups is 1. The van der Waals surface area contributed by atoms with Crippen LogP contribution in [-0.2, 0) is 4.79 Å². The van der Waals surface area contributed by atoms with Gasteiger partial charge < -0.3 is 9.80 Å². The maximum atomic E-state index is 13.8. The van der Waals surface area contributed by atoms with Gasteiger partial charge in [0.1, 0.15) is 11.9 Å². The van der Waals surface area contributed by atoms with Crippen molar-refractivity contribution in [3.8, 4) is 0 Å². The second-order valence-corrected chi connectivity index (χ2v) is 9.94. The van der Waals surface area contributed by atoms with Gasteiger partial charge in [0.15, 0.2) is 0 Å². The molecule has 0 aliphatic carbocycles. The predicted octanol–water partition coefficient (Wildman–Crippen LogP) is 4.21. The molecule has 0 radical (unpaired) electrons. The van der Waals surface area contributed by atoms with Crippen LogP contribution >= 0.6 is 0 Å². The number of carbonyl (C=O) groups excluding carboxylic acids is 3. The Bertz CT molecular complexity index is 1320. The molecule has 36 heavy (non-hydrogen) atoms. The molecule has 1 saturated heterocycles. The zero-order valence-electron chi connectivity index (χ0n) is 21.3. The molecule has 0 spiro atoms. The van der Waals surface area contributed by atoms with E-state index < -0.39 is 6.04 Å². The highest BCUT2D eigenvalue weighted by atomic mass is 16.2. The molecule has 2 atom stereocenters. The van der Waals surface area contributed by atoms with Gasteiger partial charge in [-0.2, -0.15) is 0 Å². The second kappa shape index (κ2) is 9.37. The summed E-state index contributed by atoms with van der Waals surface area (Å²) < 4.78 is 0. The van der Waals surface area contributed by atoms with Crippen LogP contribution in [0.3, 0.4) is 0 Å². The number of anilines is 1. The smallest absolute Gasteiger partial charge is 0.262 e. The number of aromatic nitrogens is 1. The minimum Gasteiger partial charge on any atom is -0.353 e. The monoisotopic (exact) mass is 484 g/mol. The fourth-order valence-electron chi connectivity index (χ4n) is 5.34. The number of aryl methyl sites for hydroxylation is 2. The molecule has 0 N–H and O–H groups in total. The summed E-state index contributed by atoms with van der Waals surface area (Å²) >= 11 is 0. The fraction of sp³-hybridized carbons (Fsp3) is 0.379. The average molecular weight is 485 g/mol. The van der Waals surface area contributed by atoms with Gasteiger partial charge >= 0.3 is 0 Å². The molecule has 5 rings (SSSR count). The van der Waals surface area contributed by atoms with Crippen LogP contribution in [0.15, 0.2) is 48.5 Å². The van der Waals surface area contributed by atoms with E-state index in [9.17, 15) is 14.4 Å². The van der Waals surface area contributed by atoms with Gasteiger partial charge in [0.2, 0.25) is 5.91 Å². The molecule has 2 aliphatic rings. The van der Waals surface area contributed by atoms with Crippen LogP contribution in [0, 0.1) is 19.8 Å². The largest absolute Gasteiger partial charge is 0.353 e. The summed E-state index contributed by atoms with van der Waals surface area (Å²) in [6, 6.07) is 14.3. The van der Waals surface area contributed by atoms with Gasteiger partial charge in [-0.3, -0.25) is 19.3 Å². The highest BCUT2D eigenvalue weighted by Gasteiger charge is 2.46. The minimum absolute atomic E-state index is 0.148. The Hall–Kier alpha value is -3.74. The first-order valence-corrected chi connectivity index (χ1v) is 12.7. The molecule has 2 aliphatic heterocycles. The molecule has 7 heteroatoms. The molecule has 3 amide bonds. The summed E-state index contributed by atoms with van der Waals surface area (Å²) in [4.78, 5) is 50.3. The minimum atomic E-state index is -0.808. The molecule has 3 heterocycles. The van der Waals surface area contributed by atoms with E-state index in [4.69, 9.17) is 4.98 Å². The number of fused-ring (bicyclic) bond motifs is 2. The van der Waals surface area contributed by atoms with Crippen LogP contribution in [0.5, 0.6) is 0 Å². The van der Waals surface area contributed by atoms with Gasteiger partial charge in [-0.1, -0.05) is 50.6 Å². The normalized spacial score (nSPS) is 17.5. The first-order chi connectivity index (χ1) is 17.3. The van der Waals surface area contributed by atoms with Gasteiger partial charge in [0.05, 0.1) is 16.6 Å². The van der Waals surface area contributed by atoms with Crippen molar-refractivity contribution in [3.63, 3.8) is 0 Å². The lowest BCUT2D eigenvalue weighted by Crippen LogP contribution is -2.58. The summed E-state index contributed by atoms with van der Waals surface area (Å²) in [5.74, 6) is -0.138. The van der Waals surface area contributed by atoms with E-state index in [1.54, 1.807) is 29.2 Å². The average Bonchev–Trinajstić information content (AvgIpc) is 3.14. The Balaban J connectivity index is 1.35. The van der Waals surface area contributed by atoms with Crippen molar-refractivity contribution in [2.24, 2.45) is 5.92 Å². The number of amides is 3. The highest BCUT2D eigenvalue weighted by molar-refractivity contribution is 6.22. The van der Waals surface area contributed by atoms with E-state index >= 15 is 0 Å². The Kier molecular flexibility index (Phi) is 6.24. The van der Waals surface area contributed by atoms with Crippen molar-refractivity contribution < 1.29 is 14.4 Å². The number of benzene rings is 2. The molecule has 2 unspecified atom stereocenters. The molecular weight excluding hydrogens is 452 g/mol. The van der Waals surface area contributed by atoms with Crippen molar-refractivity contribution in [1.82, 2.24) is 14.8 Å². The summed E-state index contributed by atoms with van der Waals surface area (Å²) in [5.41, 5.74) is 4.08. The van der Waals surface area contributed by atoms with Gasteiger partial charge in [0, 0.05) is 31.6 Å². The van der Waals surface area contributed by atoms with Crippen LogP contribution in [0.25, 0.3) is 10.9 Å². The Morgan fingerprint density at radius 2 is 1.56 bits per heavy atom. The van der Waals surface area contributed by atoms with Gasteiger partial charge in [-0.05, 0) is 49.1 Å². The van der Waals surface area contributed by atoms with Gasteiger partial charge in [0.25, 0.3) is 11.8 Å². The predicted molar refractivity (Wildman–Crippen MR) is 140 cm³/mol. The molecule has 0 bridgehead atoms. The lowest BCUT2D eigenvalue weighted by molar-refractivity contribution is -0.137. The number of hydrogen-bond acceptors (Lipinski definition) is 5. The number of rotatable bonds is 5. The number of nitrogens with zero attached hydrogens (tertiary/aromatic N) is 4. The van der Waals surface area contributed by atoms with Gasteiger partial charge in [-0.25, -0.2) is 4.98 Å². The first-order valence-electron chi connectivity index (χ1n) is 12.7. The maximum absolute atomic E-state index is 13.8. The lowest BCUT2D eigenvalue weighted by atomic mass is 9.95. The standard InChI is InChI=1S/C29H32N4O3/c1-5-18(2)26(33-27(34)22-10-6-7-11-23(22)28(33)35)29(36)32-15-13-31(14-16-32)24-17-20(4)21-12-8-9-19(3)25(21)30-24/h6-12,17-18,26H,5,13-16H2,1-4H3. The molecule has 2 aromatic carbocycles. The van der Waals surface area contributed by atoms with E-state index in [2.05, 4.69) is 43.0 Å². The molecule has 7 nitrogen and oxygen atoms in total. The number of piperazine rings is 1. The summed E-state index contributed by atoms with van der Waals surface area (Å²) in [6.07, 6.45) is 0.684. The molecule has 0 saturated carbocycles. The van der Waals surface area contributed by atoms with Crippen LogP contribution in [0.1, 0.15) is 52.1 Å². The van der Waals surface area contributed by atoms with E-state index in [1.165, 1.54) is 10.5 Å². The third-order valence-corrected chi connectivity index (χ3v) is 7.69. The Morgan fingerprint density at radius 3 is 2.17 bits per heavy atom. The Labute approximate surface area is 211 Å². The van der Waals surface area contributed by atoms with E-state index in [-0.39, 0.29) is 23.6 Å². The SMILES string of the molecule is CCC(C)C(C(=O)N1CCN(c2cc(C)c3cccc(C)c3n2)CC1)N1C(=O)c2ccccc2C1=O. The third-order valence-electron chi connectivity index (χ3n) is 7.69. The van der Waals surface area contributed by atoms with Crippen molar-refractivity contribution in [2.45, 2.75) is 40.2 Å². The molecule has 186 valence electrons. The zero-order valence-corrected chi connectivity index (χ0v) is 21.3. The number of hydrogen-bond donors (Lipinski definition) is 0. The van der Waals surface area contributed by atoms with E-state index in [0.29, 0.717) is 43.7 Å². The topological polar surface area (TPSA) is 73.8 Å². The molecule has 1 aromatic heterocycles. The third kappa shape index (κ3) is 3.92. The molecule has 3 aromatic rings. The fourth-order valence-corrected chi connectivity index (χ4v) is 5.34. The number of carbonyl (C=O) groups is 3. The van der Waals surface area contributed by atoms with Crippen LogP contribution in [0.2, 0.25) is 0 Å². The quantitative estimate of drug-likeness (QED) is 0.507. The summed E-state index contributed by atoms with van der Waals surface area (Å²) in [5, 5.41) is 1.16. The van der Waals surface area contributed by atoms with Crippen molar-refractivity contribution >= 4 is 34.4 Å². The Morgan fingerprint density at radius 1 is 0.917 bits per heavy atom. The number of pyridine rings is 1. The summed E-state index contributed by atoms with van der Waals surface area (Å²) in [6.45, 7) is 10.4. The van der Waals surface area contributed by atoms with Crippen molar-refractivity contribution in [3.05, 3.63) is 70.8 Å². The summed E-state index contributed by atoms with van der Waals surface area (Å²) in [7, 11) is 0.